The summed E-state index contributed by atoms with van der Waals surface area (Å²) in [7, 11) is 0. The molecule has 0 aromatic carbocycles. The highest BCUT2D eigenvalue weighted by Crippen LogP contribution is 2.00. The first-order valence-corrected chi connectivity index (χ1v) is 3.87. The summed E-state index contributed by atoms with van der Waals surface area (Å²) in [4.78, 5) is 12.8. The molecule has 0 fully saturated rings. The van der Waals surface area contributed by atoms with E-state index in [2.05, 4.69) is 6.58 Å². The molecule has 0 rings (SSSR count). The lowest BCUT2D eigenvalue weighted by molar-refractivity contribution is -0.122. The molecular weight excluding hydrogens is 150 g/mol. The Morgan fingerprint density at radius 3 is 1.92 bits per heavy atom. The highest BCUT2D eigenvalue weighted by atomic mass is 16.2. The van der Waals surface area contributed by atoms with E-state index in [0.717, 1.165) is 0 Å². The van der Waals surface area contributed by atoms with E-state index in [1.807, 2.05) is 13.8 Å². The van der Waals surface area contributed by atoms with Crippen molar-refractivity contribution >= 4 is 5.91 Å². The second-order valence-corrected chi connectivity index (χ2v) is 2.46. The molecule has 2 heteroatoms. The van der Waals surface area contributed by atoms with E-state index >= 15 is 0 Å². The number of hydrogen-bond acceptors (Lipinski definition) is 1. The van der Waals surface area contributed by atoms with Gasteiger partial charge in [-0.15, -0.1) is 0 Å². The number of allylic oxidation sites excluding steroid dienone is 2. The first-order valence-electron chi connectivity index (χ1n) is 3.87. The maximum Gasteiger partial charge on any atom is 0.256 e. The van der Waals surface area contributed by atoms with Crippen molar-refractivity contribution in [3.8, 4) is 0 Å². The van der Waals surface area contributed by atoms with Crippen LogP contribution in [0.1, 0.15) is 20.8 Å². The minimum atomic E-state index is -0.0776. The van der Waals surface area contributed by atoms with E-state index < -0.39 is 0 Å². The molecule has 0 saturated carbocycles. The largest absolute Gasteiger partial charge is 0.292 e. The molecule has 0 N–H and O–H groups in total. The molecule has 0 aromatic rings. The van der Waals surface area contributed by atoms with Crippen LogP contribution in [0.4, 0.5) is 0 Å². The van der Waals surface area contributed by atoms with E-state index in [0.29, 0.717) is 5.57 Å². The normalized spacial score (nSPS) is 10.9. The van der Waals surface area contributed by atoms with Gasteiger partial charge in [0.1, 0.15) is 0 Å². The molecule has 0 aliphatic rings. The summed E-state index contributed by atoms with van der Waals surface area (Å²) < 4.78 is 0. The van der Waals surface area contributed by atoms with Crippen LogP contribution in [0.3, 0.4) is 0 Å². The molecule has 0 bridgehead atoms. The first-order chi connectivity index (χ1) is 5.63. The Bertz CT molecular complexity index is 214. The standard InChI is InChI=1S/C10H15NO/c1-5-7-11(8-6-2)10(12)9(3)4/h5-8H,3H2,1-2,4H3. The summed E-state index contributed by atoms with van der Waals surface area (Å²) in [6, 6.07) is 0. The molecule has 0 spiro atoms. The molecule has 0 radical (unpaired) electrons. The van der Waals surface area contributed by atoms with Crippen LogP contribution < -0.4 is 0 Å². The number of hydrogen-bond donors (Lipinski definition) is 0. The summed E-state index contributed by atoms with van der Waals surface area (Å²) in [5.41, 5.74) is 0.534. The predicted molar refractivity (Wildman–Crippen MR) is 51.3 cm³/mol. The van der Waals surface area contributed by atoms with Gasteiger partial charge in [0.05, 0.1) is 0 Å². The third kappa shape index (κ3) is 3.19. The van der Waals surface area contributed by atoms with E-state index in [4.69, 9.17) is 0 Å². The average Bonchev–Trinajstić information content (AvgIpc) is 2.03. The Labute approximate surface area is 73.9 Å². The van der Waals surface area contributed by atoms with Crippen molar-refractivity contribution in [2.24, 2.45) is 0 Å². The fourth-order valence-corrected chi connectivity index (χ4v) is 0.727. The van der Waals surface area contributed by atoms with Crippen LogP contribution in [0.2, 0.25) is 0 Å². The molecule has 0 heterocycles. The summed E-state index contributed by atoms with van der Waals surface area (Å²) in [5.74, 6) is -0.0776. The van der Waals surface area contributed by atoms with Gasteiger partial charge in [-0.3, -0.25) is 9.69 Å². The van der Waals surface area contributed by atoms with Crippen LogP contribution in [-0.2, 0) is 4.79 Å². The fraction of sp³-hybridized carbons (Fsp3) is 0.300. The predicted octanol–water partition coefficient (Wildman–Crippen LogP) is 2.46. The molecule has 66 valence electrons. The molecule has 0 aliphatic heterocycles. The zero-order valence-corrected chi connectivity index (χ0v) is 7.87. The van der Waals surface area contributed by atoms with E-state index in [1.54, 1.807) is 31.5 Å². The second kappa shape index (κ2) is 5.35. The molecule has 0 unspecified atom stereocenters. The zero-order chi connectivity index (χ0) is 9.56. The van der Waals surface area contributed by atoms with Crippen LogP contribution in [0.25, 0.3) is 0 Å². The lowest BCUT2D eigenvalue weighted by Gasteiger charge is -2.12. The first kappa shape index (κ1) is 10.7. The van der Waals surface area contributed by atoms with Gasteiger partial charge in [0.15, 0.2) is 0 Å². The van der Waals surface area contributed by atoms with E-state index in [1.165, 1.54) is 4.90 Å². The molecular formula is C10H15NO. The lowest BCUT2D eigenvalue weighted by atomic mass is 10.3. The van der Waals surface area contributed by atoms with Gasteiger partial charge in [0, 0.05) is 18.0 Å². The number of carbonyl (C=O) groups is 1. The van der Waals surface area contributed by atoms with Crippen molar-refractivity contribution in [2.45, 2.75) is 20.8 Å². The third-order valence-electron chi connectivity index (χ3n) is 1.22. The summed E-state index contributed by atoms with van der Waals surface area (Å²) in [6.45, 7) is 9.00. The number of nitrogens with zero attached hydrogens (tertiary/aromatic N) is 1. The van der Waals surface area contributed by atoms with Gasteiger partial charge in [-0.1, -0.05) is 18.7 Å². The maximum absolute atomic E-state index is 11.3. The molecule has 0 saturated heterocycles. The maximum atomic E-state index is 11.3. The zero-order valence-electron chi connectivity index (χ0n) is 7.87. The van der Waals surface area contributed by atoms with Crippen molar-refractivity contribution in [2.75, 3.05) is 0 Å². The molecule has 0 atom stereocenters. The number of rotatable bonds is 3. The average molecular weight is 165 g/mol. The van der Waals surface area contributed by atoms with Gasteiger partial charge in [0.2, 0.25) is 0 Å². The van der Waals surface area contributed by atoms with Crippen LogP contribution >= 0.6 is 0 Å². The SMILES string of the molecule is C=C(C)C(=O)N(C=CC)C=CC. The Kier molecular flexibility index (Phi) is 4.77. The van der Waals surface area contributed by atoms with Crippen molar-refractivity contribution in [3.05, 3.63) is 36.7 Å². The Hall–Kier alpha value is -1.31. The van der Waals surface area contributed by atoms with Crippen LogP contribution in [0.5, 0.6) is 0 Å². The number of amides is 1. The van der Waals surface area contributed by atoms with Gasteiger partial charge in [-0.2, -0.15) is 0 Å². The van der Waals surface area contributed by atoms with Crippen molar-refractivity contribution in [1.82, 2.24) is 4.90 Å². The Morgan fingerprint density at radius 2 is 1.67 bits per heavy atom. The molecule has 0 aliphatic carbocycles. The summed E-state index contributed by atoms with van der Waals surface area (Å²) in [5, 5.41) is 0. The van der Waals surface area contributed by atoms with Crippen molar-refractivity contribution < 1.29 is 4.79 Å². The second-order valence-electron chi connectivity index (χ2n) is 2.46. The number of carbonyl (C=O) groups excluding carboxylic acids is 1. The molecule has 0 aromatic heterocycles. The van der Waals surface area contributed by atoms with Crippen molar-refractivity contribution in [1.29, 1.82) is 0 Å². The topological polar surface area (TPSA) is 20.3 Å². The van der Waals surface area contributed by atoms with Crippen LogP contribution in [0, 0.1) is 0 Å². The van der Waals surface area contributed by atoms with E-state index in [9.17, 15) is 4.79 Å². The lowest BCUT2D eigenvalue weighted by Crippen LogP contribution is -2.19. The molecule has 12 heavy (non-hydrogen) atoms. The monoisotopic (exact) mass is 165 g/mol. The summed E-state index contributed by atoms with van der Waals surface area (Å²) >= 11 is 0. The molecule has 1 amide bonds. The van der Waals surface area contributed by atoms with Gasteiger partial charge in [0.25, 0.3) is 5.91 Å². The summed E-state index contributed by atoms with van der Waals surface area (Å²) in [6.07, 6.45) is 7.02. The van der Waals surface area contributed by atoms with Crippen LogP contribution in [0.15, 0.2) is 36.7 Å². The smallest absolute Gasteiger partial charge is 0.256 e. The quantitative estimate of drug-likeness (QED) is 0.588. The highest BCUT2D eigenvalue weighted by molar-refractivity contribution is 5.93. The van der Waals surface area contributed by atoms with E-state index in [-0.39, 0.29) is 5.91 Å². The highest BCUT2D eigenvalue weighted by Gasteiger charge is 2.06. The third-order valence-corrected chi connectivity index (χ3v) is 1.22. The Balaban J connectivity index is 4.51. The minimum absolute atomic E-state index is 0.0776. The van der Waals surface area contributed by atoms with Gasteiger partial charge in [-0.05, 0) is 20.8 Å². The molecule has 2 nitrogen and oxygen atoms in total. The minimum Gasteiger partial charge on any atom is -0.292 e. The fourth-order valence-electron chi connectivity index (χ4n) is 0.727. The van der Waals surface area contributed by atoms with Gasteiger partial charge in [-0.25, -0.2) is 0 Å². The van der Waals surface area contributed by atoms with Crippen molar-refractivity contribution in [3.63, 3.8) is 0 Å². The van der Waals surface area contributed by atoms with Gasteiger partial charge >= 0.3 is 0 Å². The Morgan fingerprint density at radius 1 is 1.25 bits per heavy atom. The van der Waals surface area contributed by atoms with Crippen LogP contribution in [-0.4, -0.2) is 10.8 Å². The van der Waals surface area contributed by atoms with Gasteiger partial charge < -0.3 is 0 Å².